The molecule has 0 aromatic heterocycles. The molecule has 2 atom stereocenters. The van der Waals surface area contributed by atoms with Crippen LogP contribution in [-0.2, 0) is 9.53 Å². The van der Waals surface area contributed by atoms with Crippen molar-refractivity contribution in [3.8, 4) is 0 Å². The number of thioether (sulfide) groups is 1. The molecule has 0 saturated carbocycles. The van der Waals surface area contributed by atoms with Crippen molar-refractivity contribution in [2.75, 3.05) is 31.2 Å². The van der Waals surface area contributed by atoms with Crippen molar-refractivity contribution in [1.29, 1.82) is 0 Å². The van der Waals surface area contributed by atoms with Crippen LogP contribution in [0.15, 0.2) is 0 Å². The number of hydrogen-bond acceptors (Lipinski definition) is 4. The molecule has 0 aromatic rings. The average Bonchev–Trinajstić information content (AvgIpc) is 2.98. The largest absolute Gasteiger partial charge is 0.375 e. The van der Waals surface area contributed by atoms with Gasteiger partial charge in [-0.15, -0.1) is 0 Å². The predicted molar refractivity (Wildman–Crippen MR) is 87.7 cm³/mol. The molecule has 0 radical (unpaired) electrons. The van der Waals surface area contributed by atoms with Gasteiger partial charge in [0.2, 0.25) is 0 Å². The fraction of sp³-hybridized carbons (Fsp3) is 0.941. The van der Waals surface area contributed by atoms with Gasteiger partial charge >= 0.3 is 0 Å². The lowest BCUT2D eigenvalue weighted by Gasteiger charge is -2.45. The summed E-state index contributed by atoms with van der Waals surface area (Å²) in [6.45, 7) is 7.09. The number of Topliss-reactive ketones (excluding diaryl/α,β-unsaturated/α-hetero) is 1. The van der Waals surface area contributed by atoms with E-state index in [2.05, 4.69) is 19.2 Å². The van der Waals surface area contributed by atoms with Crippen LogP contribution in [0.4, 0.5) is 0 Å². The van der Waals surface area contributed by atoms with Gasteiger partial charge < -0.3 is 10.1 Å². The lowest BCUT2D eigenvalue weighted by molar-refractivity contribution is -0.148. The van der Waals surface area contributed by atoms with Gasteiger partial charge in [-0.1, -0.05) is 13.8 Å². The Morgan fingerprint density at radius 3 is 2.67 bits per heavy atom. The van der Waals surface area contributed by atoms with Gasteiger partial charge in [-0.05, 0) is 56.1 Å². The van der Waals surface area contributed by atoms with Crippen LogP contribution in [0.1, 0.15) is 46.0 Å². The third-order valence-electron chi connectivity index (χ3n) is 6.05. The molecule has 2 unspecified atom stereocenters. The summed E-state index contributed by atoms with van der Waals surface area (Å²) < 4.78 is 6.16. The van der Waals surface area contributed by atoms with Crippen LogP contribution in [-0.4, -0.2) is 42.6 Å². The SMILES string of the molecule is CC(C)C1(C(=O)C2CCOC3(CCSCC3)C2)CCNC1. The molecule has 3 fully saturated rings. The second kappa shape index (κ2) is 6.21. The first kappa shape index (κ1) is 15.8. The van der Waals surface area contributed by atoms with E-state index < -0.39 is 0 Å². The van der Waals surface area contributed by atoms with E-state index in [9.17, 15) is 4.79 Å². The molecule has 3 aliphatic rings. The molecule has 1 spiro atoms. The molecule has 0 bridgehead atoms. The number of nitrogens with one attached hydrogen (secondary N) is 1. The van der Waals surface area contributed by atoms with Crippen molar-refractivity contribution in [3.63, 3.8) is 0 Å². The predicted octanol–water partition coefficient (Wildman–Crippen LogP) is 2.88. The summed E-state index contributed by atoms with van der Waals surface area (Å²) in [7, 11) is 0. The highest BCUT2D eigenvalue weighted by Gasteiger charge is 2.49. The van der Waals surface area contributed by atoms with E-state index in [0.29, 0.717) is 11.7 Å². The minimum atomic E-state index is -0.118. The Labute approximate surface area is 133 Å². The lowest BCUT2D eigenvalue weighted by Crippen LogP contribution is -2.49. The van der Waals surface area contributed by atoms with Crippen molar-refractivity contribution in [3.05, 3.63) is 0 Å². The third-order valence-corrected chi connectivity index (χ3v) is 7.04. The van der Waals surface area contributed by atoms with Crippen LogP contribution in [0.2, 0.25) is 0 Å². The molecule has 0 aromatic carbocycles. The highest BCUT2D eigenvalue weighted by atomic mass is 32.2. The topological polar surface area (TPSA) is 38.3 Å². The normalized spacial score (nSPS) is 36.2. The first-order valence-corrected chi connectivity index (χ1v) is 9.70. The number of hydrogen-bond donors (Lipinski definition) is 1. The van der Waals surface area contributed by atoms with Crippen LogP contribution in [0, 0.1) is 17.3 Å². The molecule has 21 heavy (non-hydrogen) atoms. The Kier molecular flexibility index (Phi) is 4.68. The summed E-state index contributed by atoms with van der Waals surface area (Å²) in [5.41, 5.74) is -0.0966. The number of carbonyl (C=O) groups excluding carboxylic acids is 1. The molecule has 3 nitrogen and oxygen atoms in total. The molecule has 3 saturated heterocycles. The number of carbonyl (C=O) groups is 1. The van der Waals surface area contributed by atoms with Gasteiger partial charge in [-0.25, -0.2) is 0 Å². The monoisotopic (exact) mass is 311 g/mol. The Balaban J connectivity index is 1.74. The molecule has 120 valence electrons. The summed E-state index contributed by atoms with van der Waals surface area (Å²) in [5, 5.41) is 3.43. The van der Waals surface area contributed by atoms with Crippen LogP contribution < -0.4 is 5.32 Å². The molecule has 0 amide bonds. The lowest BCUT2D eigenvalue weighted by atomic mass is 9.66. The van der Waals surface area contributed by atoms with Crippen molar-refractivity contribution in [1.82, 2.24) is 5.32 Å². The maximum atomic E-state index is 13.3. The van der Waals surface area contributed by atoms with Gasteiger partial charge in [-0.2, -0.15) is 11.8 Å². The summed E-state index contributed by atoms with van der Waals surface area (Å²) >= 11 is 2.03. The molecule has 3 heterocycles. The zero-order valence-corrected chi connectivity index (χ0v) is 14.3. The zero-order valence-electron chi connectivity index (χ0n) is 13.5. The molecule has 4 heteroatoms. The third kappa shape index (κ3) is 2.91. The van der Waals surface area contributed by atoms with Crippen LogP contribution in [0.3, 0.4) is 0 Å². The Morgan fingerprint density at radius 2 is 2.05 bits per heavy atom. The number of ketones is 1. The van der Waals surface area contributed by atoms with Gasteiger partial charge in [0, 0.05) is 24.5 Å². The fourth-order valence-corrected chi connectivity index (χ4v) is 5.69. The smallest absolute Gasteiger partial charge is 0.143 e. The number of ether oxygens (including phenoxy) is 1. The van der Waals surface area contributed by atoms with E-state index in [-0.39, 0.29) is 16.9 Å². The van der Waals surface area contributed by atoms with Crippen molar-refractivity contribution >= 4 is 17.5 Å². The standard InChI is InChI=1S/C17H29NO2S/c1-13(2)17(4-7-18-12-17)15(19)14-3-8-20-16(11-14)5-9-21-10-6-16/h13-14,18H,3-12H2,1-2H3. The average molecular weight is 311 g/mol. The Morgan fingerprint density at radius 1 is 1.29 bits per heavy atom. The van der Waals surface area contributed by atoms with E-state index >= 15 is 0 Å². The van der Waals surface area contributed by atoms with Crippen molar-refractivity contribution < 1.29 is 9.53 Å². The van der Waals surface area contributed by atoms with Gasteiger partial charge in [0.05, 0.1) is 5.60 Å². The van der Waals surface area contributed by atoms with E-state index in [0.717, 1.165) is 51.8 Å². The maximum absolute atomic E-state index is 13.3. The van der Waals surface area contributed by atoms with Gasteiger partial charge in [-0.3, -0.25) is 4.79 Å². The fourth-order valence-electron chi connectivity index (χ4n) is 4.45. The van der Waals surface area contributed by atoms with E-state index in [1.807, 2.05) is 11.8 Å². The van der Waals surface area contributed by atoms with Crippen LogP contribution >= 0.6 is 11.8 Å². The van der Waals surface area contributed by atoms with Gasteiger partial charge in [0.1, 0.15) is 5.78 Å². The van der Waals surface area contributed by atoms with Gasteiger partial charge in [0.15, 0.2) is 0 Å². The molecule has 3 aliphatic heterocycles. The highest BCUT2D eigenvalue weighted by molar-refractivity contribution is 7.99. The first-order chi connectivity index (χ1) is 10.1. The maximum Gasteiger partial charge on any atom is 0.143 e. The Hall–Kier alpha value is -0.0600. The van der Waals surface area contributed by atoms with E-state index in [4.69, 9.17) is 4.74 Å². The summed E-state index contributed by atoms with van der Waals surface area (Å²) in [6.07, 6.45) is 5.19. The number of rotatable bonds is 3. The summed E-state index contributed by atoms with van der Waals surface area (Å²) in [6, 6.07) is 0. The molecular formula is C17H29NO2S. The first-order valence-electron chi connectivity index (χ1n) is 8.55. The molecule has 1 N–H and O–H groups in total. The van der Waals surface area contributed by atoms with Crippen LogP contribution in [0.25, 0.3) is 0 Å². The minimum absolute atomic E-state index is 0.0219. The quantitative estimate of drug-likeness (QED) is 0.870. The van der Waals surface area contributed by atoms with Gasteiger partial charge in [0.25, 0.3) is 0 Å². The minimum Gasteiger partial charge on any atom is -0.375 e. The molecule has 3 rings (SSSR count). The van der Waals surface area contributed by atoms with Crippen LogP contribution in [0.5, 0.6) is 0 Å². The second-order valence-electron chi connectivity index (χ2n) is 7.44. The highest BCUT2D eigenvalue weighted by Crippen LogP contribution is 2.45. The zero-order chi connectivity index (χ0) is 14.9. The summed E-state index contributed by atoms with van der Waals surface area (Å²) in [5.74, 6) is 3.57. The Bertz CT molecular complexity index is 379. The summed E-state index contributed by atoms with van der Waals surface area (Å²) in [4.78, 5) is 13.3. The van der Waals surface area contributed by atoms with Crippen molar-refractivity contribution in [2.24, 2.45) is 17.3 Å². The second-order valence-corrected chi connectivity index (χ2v) is 8.66. The molecular weight excluding hydrogens is 282 g/mol. The van der Waals surface area contributed by atoms with E-state index in [1.54, 1.807) is 0 Å². The van der Waals surface area contributed by atoms with E-state index in [1.165, 1.54) is 11.5 Å². The molecule has 0 aliphatic carbocycles. The van der Waals surface area contributed by atoms with Crippen molar-refractivity contribution in [2.45, 2.75) is 51.6 Å².